The van der Waals surface area contributed by atoms with Crippen molar-refractivity contribution in [1.82, 2.24) is 9.80 Å². The Morgan fingerprint density at radius 2 is 0.925 bits per heavy atom. The van der Waals surface area contributed by atoms with Crippen LogP contribution in [-0.2, 0) is 45.1 Å². The van der Waals surface area contributed by atoms with E-state index in [0.717, 1.165) is 45.9 Å². The van der Waals surface area contributed by atoms with Gasteiger partial charge >= 0.3 is 19.5 Å². The van der Waals surface area contributed by atoms with Gasteiger partial charge in [0.15, 0.2) is 19.7 Å². The Morgan fingerprint density at radius 3 is 1.34 bits per heavy atom. The monoisotopic (exact) mass is 1030 g/mol. The molecule has 0 aromatic heterocycles. The lowest BCUT2D eigenvalue weighted by Crippen LogP contribution is -2.41. The van der Waals surface area contributed by atoms with Crippen LogP contribution in [-0.4, -0.2) is 81.5 Å². The summed E-state index contributed by atoms with van der Waals surface area (Å²) >= 11 is 3.43. The molecule has 8 nitrogen and oxygen atoms in total. The number of sulfone groups is 2. The molecule has 0 amide bonds. The maximum absolute atomic E-state index is 13.3. The van der Waals surface area contributed by atoms with Crippen LogP contribution in [0.5, 0.6) is 0 Å². The maximum Gasteiger partial charge on any atom is 0.489 e. The van der Waals surface area contributed by atoms with E-state index in [9.17, 15) is 43.2 Å². The van der Waals surface area contributed by atoms with E-state index in [0.29, 0.717) is 38.3 Å². The van der Waals surface area contributed by atoms with Crippen molar-refractivity contribution in [2.75, 3.05) is 37.7 Å². The molecule has 6 aromatic carbocycles. The first-order chi connectivity index (χ1) is 31.2. The van der Waals surface area contributed by atoms with Gasteiger partial charge < -0.3 is 10.0 Å². The Labute approximate surface area is 397 Å². The Kier molecular flexibility index (Phi) is 18.2. The summed E-state index contributed by atoms with van der Waals surface area (Å²) < 4.78 is 127. The number of rotatable bonds is 8. The quantitative estimate of drug-likeness (QED) is 0.115. The van der Waals surface area contributed by atoms with Crippen LogP contribution in [0.3, 0.4) is 0 Å². The highest BCUT2D eigenvalue weighted by molar-refractivity contribution is 9.10. The average Bonchev–Trinajstić information content (AvgIpc) is 3.29. The van der Waals surface area contributed by atoms with Crippen LogP contribution in [0.1, 0.15) is 51.3 Å². The van der Waals surface area contributed by atoms with Gasteiger partial charge in [-0.1, -0.05) is 163 Å². The van der Waals surface area contributed by atoms with Gasteiger partial charge in [-0.25, -0.2) is 16.8 Å². The number of alkyl halides is 6. The molecule has 0 bridgehead atoms. The first-order valence-electron chi connectivity index (χ1n) is 20.7. The van der Waals surface area contributed by atoms with Crippen molar-refractivity contribution in [2.45, 2.75) is 43.4 Å². The van der Waals surface area contributed by atoms with Crippen LogP contribution in [0.4, 0.5) is 26.3 Å². The maximum atomic E-state index is 13.3. The number of benzene rings is 6. The van der Waals surface area contributed by atoms with Crippen LogP contribution in [0.25, 0.3) is 11.1 Å². The van der Waals surface area contributed by atoms with Gasteiger partial charge in [-0.05, 0) is 57.0 Å². The molecule has 18 heteroatoms. The molecule has 0 aliphatic carbocycles. The third kappa shape index (κ3) is 14.6. The van der Waals surface area contributed by atoms with Crippen molar-refractivity contribution in [1.29, 1.82) is 0 Å². The van der Waals surface area contributed by atoms with Gasteiger partial charge in [0, 0.05) is 43.7 Å². The van der Waals surface area contributed by atoms with Crippen LogP contribution in [0, 0.1) is 0 Å². The van der Waals surface area contributed by atoms with Gasteiger partial charge in [0.1, 0.15) is 0 Å². The lowest BCUT2D eigenvalue weighted by Gasteiger charge is -2.33. The summed E-state index contributed by atoms with van der Waals surface area (Å²) in [5.41, 5.74) is 2.24. The van der Waals surface area contributed by atoms with Crippen molar-refractivity contribution in [3.63, 3.8) is 0 Å². The highest BCUT2D eigenvalue weighted by Gasteiger charge is 2.37. The van der Waals surface area contributed by atoms with Gasteiger partial charge in [0.25, 0.3) is 0 Å². The van der Waals surface area contributed by atoms with Gasteiger partial charge in [0.2, 0.25) is 0 Å². The molecule has 2 saturated heterocycles. The Hall–Kier alpha value is -4.82. The molecule has 2 fully saturated rings. The van der Waals surface area contributed by atoms with Gasteiger partial charge in [-0.2, -0.15) is 26.3 Å². The van der Waals surface area contributed by atoms with E-state index in [2.05, 4.69) is 37.9 Å². The van der Waals surface area contributed by atoms with Crippen molar-refractivity contribution in [3.05, 3.63) is 196 Å². The average molecular weight is 1030 g/mol. The zero-order valence-corrected chi connectivity index (χ0v) is 38.5. The molecule has 2 unspecified atom stereocenters. The topological polar surface area (TPSA) is 115 Å². The van der Waals surface area contributed by atoms with Gasteiger partial charge in [-0.15, -0.1) is 0 Å². The molecule has 0 saturated carbocycles. The zero-order valence-electron chi connectivity index (χ0n) is 35.3. The Balaban J connectivity index is 0.000000203. The smallest absolute Gasteiger partial charge is 0.423 e. The molecule has 6 aromatic rings. The second-order valence-electron chi connectivity index (χ2n) is 15.8. The van der Waals surface area contributed by atoms with Gasteiger partial charge in [-0.3, -0.25) is 9.80 Å². The minimum absolute atomic E-state index is 0. The molecule has 67 heavy (non-hydrogen) atoms. The fraction of sp³-hybridized carbons (Fsp3) is 0.265. The minimum atomic E-state index is -4.56. The number of hydrogen-bond donors (Lipinski definition) is 2. The third-order valence-electron chi connectivity index (χ3n) is 11.2. The van der Waals surface area contributed by atoms with E-state index in [1.807, 2.05) is 84.9 Å². The first kappa shape index (κ1) is 53.1. The van der Waals surface area contributed by atoms with E-state index >= 15 is 0 Å². The summed E-state index contributed by atoms with van der Waals surface area (Å²) in [5.74, 6) is 0.312. The highest BCUT2D eigenvalue weighted by atomic mass is 79.9. The van der Waals surface area contributed by atoms with Gasteiger partial charge in [0.05, 0.1) is 33.1 Å². The fourth-order valence-corrected chi connectivity index (χ4v) is 11.7. The molecule has 0 spiro atoms. The lowest BCUT2D eigenvalue weighted by molar-refractivity contribution is -0.137. The predicted octanol–water partition coefficient (Wildman–Crippen LogP) is 9.79. The van der Waals surface area contributed by atoms with Crippen molar-refractivity contribution in [2.24, 2.45) is 0 Å². The van der Waals surface area contributed by atoms with E-state index in [-0.39, 0.29) is 24.5 Å². The number of nitrogens with zero attached hydrogens (tertiary/aromatic N) is 2. The normalized spacial score (nSPS) is 18.2. The number of hydrogen-bond acceptors (Lipinski definition) is 8. The SMILES string of the molecule is C.O=S1(=O)CCN(Cc2ccc(-c3ccccc3C(F)(F)F)cc2)CC1c1ccccc1.O=S1(=O)CCN(Cc2ccc(Br)cc2)CC1c1ccccc1.OB(O)c1ccccc1C(F)(F)F. The van der Waals surface area contributed by atoms with Crippen molar-refractivity contribution < 1.29 is 53.2 Å². The first-order valence-corrected chi connectivity index (χ1v) is 24.9. The van der Waals surface area contributed by atoms with E-state index in [4.69, 9.17) is 10.0 Å². The summed E-state index contributed by atoms with van der Waals surface area (Å²) in [4.78, 5) is 4.30. The Morgan fingerprint density at radius 1 is 0.537 bits per heavy atom. The molecule has 0 radical (unpaired) electrons. The fourth-order valence-electron chi connectivity index (χ4n) is 7.78. The second kappa shape index (κ2) is 23.0. The van der Waals surface area contributed by atoms with Crippen molar-refractivity contribution >= 4 is 48.2 Å². The third-order valence-corrected chi connectivity index (χ3v) is 15.8. The minimum Gasteiger partial charge on any atom is -0.423 e. The molecule has 8 rings (SSSR count). The van der Waals surface area contributed by atoms with Crippen molar-refractivity contribution in [3.8, 4) is 11.1 Å². The summed E-state index contributed by atoms with van der Waals surface area (Å²) in [6, 6.07) is 43.8. The number of halogens is 7. The molecule has 2 heterocycles. The van der Waals surface area contributed by atoms with Crippen LogP contribution in [0.15, 0.2) is 162 Å². The Bertz CT molecular complexity index is 2730. The van der Waals surface area contributed by atoms with Crippen LogP contribution < -0.4 is 5.46 Å². The molecule has 2 aliphatic heterocycles. The highest BCUT2D eigenvalue weighted by Crippen LogP contribution is 2.37. The van der Waals surface area contributed by atoms with Crippen LogP contribution >= 0.6 is 15.9 Å². The van der Waals surface area contributed by atoms with E-state index in [1.54, 1.807) is 18.2 Å². The standard InChI is InChI=1S/C24H22F3NO2S.C17H18BrNO2S.C7H6BF3O2.CH4/c25-24(26,27)22-9-5-4-8-21(22)19-12-10-18(11-13-19)16-28-14-15-31(29,30)23(17-28)20-6-2-1-3-7-20;18-16-8-6-14(7-9-16)12-19-10-11-22(20,21)17(13-19)15-4-2-1-3-5-15;9-7(10,11)5-3-1-2-4-6(5)8(12)13;/h1-13,23H,14-17H2;1-9,17H,10-13H2;1-4,12-13H;1H4. The largest absolute Gasteiger partial charge is 0.489 e. The van der Waals surface area contributed by atoms with E-state index < -0.39 is 66.2 Å². The second-order valence-corrected chi connectivity index (χ2v) is 21.3. The van der Waals surface area contributed by atoms with Crippen LogP contribution in [0.2, 0.25) is 0 Å². The molecule has 2 aliphatic rings. The predicted molar refractivity (Wildman–Crippen MR) is 256 cm³/mol. The molecule has 2 N–H and O–H groups in total. The molecular weight excluding hydrogens is 981 g/mol. The molecule has 356 valence electrons. The lowest BCUT2D eigenvalue weighted by atomic mass is 9.77. The zero-order chi connectivity index (χ0) is 47.7. The summed E-state index contributed by atoms with van der Waals surface area (Å²) in [6.07, 6.45) is -8.97. The van der Waals surface area contributed by atoms with E-state index in [1.165, 1.54) is 29.8 Å². The molecule has 2 atom stereocenters. The summed E-state index contributed by atoms with van der Waals surface area (Å²) in [6.45, 7) is 3.31. The molecular formula is C49H50BBrF6N2O6S2. The summed E-state index contributed by atoms with van der Waals surface area (Å²) in [5, 5.41) is 16.3. The summed E-state index contributed by atoms with van der Waals surface area (Å²) in [7, 11) is -8.37.